The Labute approximate surface area is 77.2 Å². The summed E-state index contributed by atoms with van der Waals surface area (Å²) in [6.45, 7) is 5.99. The van der Waals surface area contributed by atoms with Crippen LogP contribution in [0.3, 0.4) is 0 Å². The van der Waals surface area contributed by atoms with Crippen LogP contribution >= 0.6 is 0 Å². The van der Waals surface area contributed by atoms with E-state index in [0.717, 1.165) is 6.42 Å². The average molecular weight is 190 g/mol. The van der Waals surface area contributed by atoms with E-state index in [1.165, 1.54) is 0 Å². The lowest BCUT2D eigenvalue weighted by atomic mass is 10.3. The van der Waals surface area contributed by atoms with Gasteiger partial charge < -0.3 is 0 Å². The van der Waals surface area contributed by atoms with Crippen molar-refractivity contribution in [2.75, 3.05) is 11.5 Å². The predicted octanol–water partition coefficient (Wildman–Crippen LogP) is 1.76. The molecule has 0 aromatic carbocycles. The maximum atomic E-state index is 11.2. The van der Waals surface area contributed by atoms with E-state index in [1.807, 2.05) is 20.8 Å². The van der Waals surface area contributed by atoms with Gasteiger partial charge in [0.2, 0.25) is 0 Å². The van der Waals surface area contributed by atoms with Gasteiger partial charge in [0.05, 0.1) is 5.75 Å². The van der Waals surface area contributed by atoms with E-state index in [0.29, 0.717) is 18.1 Å². The second kappa shape index (κ2) is 6.35. The molecule has 0 aliphatic carbocycles. The molecule has 1 unspecified atom stereocenters. The fourth-order valence-electron chi connectivity index (χ4n) is 0.961. The molecule has 72 valence electrons. The minimum Gasteiger partial charge on any atom is -0.299 e. The van der Waals surface area contributed by atoms with Crippen LogP contribution in [0.1, 0.15) is 33.6 Å². The molecule has 0 aliphatic rings. The van der Waals surface area contributed by atoms with E-state index in [-0.39, 0.29) is 11.5 Å². The Bertz CT molecular complexity index is 164. The average Bonchev–Trinajstić information content (AvgIpc) is 1.84. The Morgan fingerprint density at radius 2 is 2.00 bits per heavy atom. The molecule has 0 saturated heterocycles. The lowest BCUT2D eigenvalue weighted by Crippen LogP contribution is -2.15. The van der Waals surface area contributed by atoms with Crippen molar-refractivity contribution in [3.05, 3.63) is 0 Å². The smallest absolute Gasteiger partial charge is 0.145 e. The molecule has 3 heteroatoms. The van der Waals surface area contributed by atoms with Gasteiger partial charge in [0.15, 0.2) is 0 Å². The van der Waals surface area contributed by atoms with E-state index in [1.54, 1.807) is 0 Å². The molecule has 0 bridgehead atoms. The molecular formula is C9H18O2S. The molecular weight excluding hydrogens is 172 g/mol. The fourth-order valence-corrected chi connectivity index (χ4v) is 2.33. The first kappa shape index (κ1) is 11.8. The highest BCUT2D eigenvalue weighted by molar-refractivity contribution is 7.85. The highest BCUT2D eigenvalue weighted by atomic mass is 32.2. The minimum absolute atomic E-state index is 0.136. The molecule has 0 fully saturated rings. The fraction of sp³-hybridized carbons (Fsp3) is 0.889. The maximum absolute atomic E-state index is 11.2. The van der Waals surface area contributed by atoms with Crippen LogP contribution in [0.4, 0.5) is 0 Å². The van der Waals surface area contributed by atoms with Crippen LogP contribution < -0.4 is 0 Å². The van der Waals surface area contributed by atoms with Crippen molar-refractivity contribution in [2.24, 2.45) is 5.92 Å². The second-order valence-corrected chi connectivity index (χ2v) is 4.94. The first-order valence-corrected chi connectivity index (χ1v) is 5.91. The Morgan fingerprint density at radius 1 is 1.42 bits per heavy atom. The number of Topliss-reactive ketones (excluding diaryl/α,β-unsaturated/α-hetero) is 1. The molecule has 0 aromatic heterocycles. The zero-order valence-electron chi connectivity index (χ0n) is 8.13. The highest BCUT2D eigenvalue weighted by Crippen LogP contribution is 1.98. The highest BCUT2D eigenvalue weighted by Gasteiger charge is 2.08. The Morgan fingerprint density at radius 3 is 2.42 bits per heavy atom. The van der Waals surface area contributed by atoms with Gasteiger partial charge in [-0.3, -0.25) is 9.00 Å². The third kappa shape index (κ3) is 6.53. The zero-order valence-corrected chi connectivity index (χ0v) is 8.95. The van der Waals surface area contributed by atoms with Crippen molar-refractivity contribution in [1.29, 1.82) is 0 Å². The van der Waals surface area contributed by atoms with Crippen molar-refractivity contribution in [1.82, 2.24) is 0 Å². The van der Waals surface area contributed by atoms with Gasteiger partial charge in [-0.1, -0.05) is 20.8 Å². The van der Waals surface area contributed by atoms with Crippen molar-refractivity contribution < 1.29 is 9.00 Å². The number of carbonyl (C=O) groups is 1. The quantitative estimate of drug-likeness (QED) is 0.639. The SMILES string of the molecule is CCCC(=O)CS(=O)CC(C)C. The van der Waals surface area contributed by atoms with E-state index in [2.05, 4.69) is 0 Å². The maximum Gasteiger partial charge on any atom is 0.145 e. The summed E-state index contributed by atoms with van der Waals surface area (Å²) >= 11 is 0. The summed E-state index contributed by atoms with van der Waals surface area (Å²) < 4.78 is 11.2. The van der Waals surface area contributed by atoms with Crippen LogP contribution in [0.15, 0.2) is 0 Å². The van der Waals surface area contributed by atoms with E-state index in [9.17, 15) is 9.00 Å². The zero-order chi connectivity index (χ0) is 9.56. The van der Waals surface area contributed by atoms with Gasteiger partial charge in [-0.05, 0) is 12.3 Å². The van der Waals surface area contributed by atoms with Crippen molar-refractivity contribution >= 4 is 16.6 Å². The minimum atomic E-state index is -0.931. The van der Waals surface area contributed by atoms with Crippen LogP contribution in [0, 0.1) is 5.92 Å². The summed E-state index contributed by atoms with van der Waals surface area (Å²) in [5.41, 5.74) is 0. The molecule has 0 N–H and O–H groups in total. The van der Waals surface area contributed by atoms with Gasteiger partial charge in [-0.2, -0.15) is 0 Å². The molecule has 0 aromatic rings. The number of carbonyl (C=O) groups excluding carboxylic acids is 1. The molecule has 0 radical (unpaired) electrons. The van der Waals surface area contributed by atoms with E-state index < -0.39 is 10.8 Å². The normalized spacial score (nSPS) is 13.3. The largest absolute Gasteiger partial charge is 0.299 e. The predicted molar refractivity (Wildman–Crippen MR) is 52.6 cm³/mol. The standard InChI is InChI=1S/C9H18O2S/c1-4-5-9(10)7-12(11)6-8(2)3/h8H,4-7H2,1-3H3. The van der Waals surface area contributed by atoms with Gasteiger partial charge in [0.25, 0.3) is 0 Å². The van der Waals surface area contributed by atoms with Gasteiger partial charge in [0.1, 0.15) is 5.78 Å². The van der Waals surface area contributed by atoms with Crippen molar-refractivity contribution in [2.45, 2.75) is 33.6 Å². The third-order valence-corrected chi connectivity index (χ3v) is 3.05. The third-order valence-electron chi connectivity index (χ3n) is 1.37. The molecule has 0 aliphatic heterocycles. The molecule has 12 heavy (non-hydrogen) atoms. The van der Waals surface area contributed by atoms with Gasteiger partial charge >= 0.3 is 0 Å². The van der Waals surface area contributed by atoms with Gasteiger partial charge in [-0.25, -0.2) is 0 Å². The topological polar surface area (TPSA) is 34.1 Å². The number of rotatable bonds is 6. The van der Waals surface area contributed by atoms with Gasteiger partial charge in [0, 0.05) is 23.0 Å². The van der Waals surface area contributed by atoms with Crippen molar-refractivity contribution in [3.8, 4) is 0 Å². The molecule has 1 atom stereocenters. The van der Waals surface area contributed by atoms with Crippen LogP contribution in [-0.4, -0.2) is 21.5 Å². The lowest BCUT2D eigenvalue weighted by Gasteiger charge is -2.03. The molecule has 2 nitrogen and oxygen atoms in total. The Balaban J connectivity index is 3.62. The summed E-state index contributed by atoms with van der Waals surface area (Å²) in [4.78, 5) is 11.0. The molecule has 0 rings (SSSR count). The summed E-state index contributed by atoms with van der Waals surface area (Å²) in [5, 5.41) is 0. The van der Waals surface area contributed by atoms with E-state index >= 15 is 0 Å². The monoisotopic (exact) mass is 190 g/mol. The lowest BCUT2D eigenvalue weighted by molar-refractivity contribution is -0.116. The van der Waals surface area contributed by atoms with Gasteiger partial charge in [-0.15, -0.1) is 0 Å². The number of hydrogen-bond donors (Lipinski definition) is 0. The summed E-state index contributed by atoms with van der Waals surface area (Å²) in [7, 11) is -0.931. The van der Waals surface area contributed by atoms with E-state index in [4.69, 9.17) is 0 Å². The van der Waals surface area contributed by atoms with Crippen molar-refractivity contribution in [3.63, 3.8) is 0 Å². The summed E-state index contributed by atoms with van der Waals surface area (Å²) in [6.07, 6.45) is 1.43. The second-order valence-electron chi connectivity index (χ2n) is 3.43. The summed E-state index contributed by atoms with van der Waals surface area (Å²) in [5.74, 6) is 1.46. The molecule has 0 heterocycles. The number of ketones is 1. The first-order chi connectivity index (χ1) is 5.56. The van der Waals surface area contributed by atoms with Crippen LogP contribution in [0.25, 0.3) is 0 Å². The first-order valence-electron chi connectivity index (χ1n) is 4.43. The van der Waals surface area contributed by atoms with Crippen LogP contribution in [-0.2, 0) is 15.6 Å². The molecule has 0 spiro atoms. The molecule has 0 amide bonds. The van der Waals surface area contributed by atoms with Crippen LogP contribution in [0.2, 0.25) is 0 Å². The number of hydrogen-bond acceptors (Lipinski definition) is 2. The Kier molecular flexibility index (Phi) is 6.25. The summed E-state index contributed by atoms with van der Waals surface area (Å²) in [6, 6.07) is 0. The molecule has 0 saturated carbocycles. The van der Waals surface area contributed by atoms with Crippen LogP contribution in [0.5, 0.6) is 0 Å². The Hall–Kier alpha value is -0.180.